The predicted octanol–water partition coefficient (Wildman–Crippen LogP) is 5.20. The Bertz CT molecular complexity index is 439. The summed E-state index contributed by atoms with van der Waals surface area (Å²) in [6.07, 6.45) is 14.1. The molecule has 0 spiro atoms. The molecule has 23 heavy (non-hydrogen) atoms. The van der Waals surface area contributed by atoms with Crippen LogP contribution in [-0.4, -0.2) is 12.2 Å². The minimum Gasteiger partial charge on any atom is -0.326 e. The number of amides is 1. The monoisotopic (exact) mass is 316 g/mol. The van der Waals surface area contributed by atoms with E-state index in [4.69, 9.17) is 0 Å². The fourth-order valence-electron chi connectivity index (χ4n) is 2.61. The Kier molecular flexibility index (Phi) is 10.9. The molecule has 0 fully saturated rings. The maximum atomic E-state index is 11.9. The number of rotatable bonds is 13. The number of nitrogens with one attached hydrogen (secondary N) is 1. The number of anilines is 1. The number of hydrogen-bond acceptors (Lipinski definition) is 2. The summed E-state index contributed by atoms with van der Waals surface area (Å²) in [6, 6.07) is 7.36. The molecule has 1 rings (SSSR count). The first-order chi connectivity index (χ1) is 11.3. The standard InChI is InChI=1S/C20H30NO2/c1-2-3-4-5-6-7-8-9-10-11-20(23)21-19-14-12-18(13-15-19)16-17-22/h12-15H,2-11,16H2,1H3,(H,21,23). The fraction of sp³-hybridized carbons (Fsp3) is 0.600. The zero-order valence-electron chi connectivity index (χ0n) is 14.4. The van der Waals surface area contributed by atoms with E-state index in [0.717, 1.165) is 24.1 Å². The quantitative estimate of drug-likeness (QED) is 0.508. The average molecular weight is 316 g/mol. The average Bonchev–Trinajstić information content (AvgIpc) is 2.55. The van der Waals surface area contributed by atoms with Gasteiger partial charge in [0.25, 0.3) is 0 Å². The molecule has 3 heteroatoms. The highest BCUT2D eigenvalue weighted by Gasteiger charge is 2.02. The smallest absolute Gasteiger partial charge is 0.224 e. The first-order valence-corrected chi connectivity index (χ1v) is 9.00. The topological polar surface area (TPSA) is 46.2 Å². The van der Waals surface area contributed by atoms with Gasteiger partial charge in [-0.15, -0.1) is 0 Å². The van der Waals surface area contributed by atoms with Crippen LogP contribution < -0.4 is 5.32 Å². The van der Waals surface area contributed by atoms with Crippen LogP contribution in [0.3, 0.4) is 0 Å². The van der Waals surface area contributed by atoms with Crippen molar-refractivity contribution in [2.45, 2.75) is 77.6 Å². The van der Waals surface area contributed by atoms with Crippen LogP contribution in [0.2, 0.25) is 0 Å². The van der Waals surface area contributed by atoms with Gasteiger partial charge in [-0.25, -0.2) is 0 Å². The van der Waals surface area contributed by atoms with Gasteiger partial charge >= 0.3 is 0 Å². The zero-order valence-corrected chi connectivity index (χ0v) is 14.4. The number of benzene rings is 1. The molecule has 1 aromatic carbocycles. The van der Waals surface area contributed by atoms with E-state index in [1.54, 1.807) is 0 Å². The van der Waals surface area contributed by atoms with Gasteiger partial charge in [-0.3, -0.25) is 9.59 Å². The van der Waals surface area contributed by atoms with Crippen LogP contribution in [-0.2, 0) is 16.0 Å². The molecule has 0 heterocycles. The van der Waals surface area contributed by atoms with Gasteiger partial charge < -0.3 is 5.32 Å². The lowest BCUT2D eigenvalue weighted by Crippen LogP contribution is -2.11. The van der Waals surface area contributed by atoms with E-state index in [9.17, 15) is 9.59 Å². The predicted molar refractivity (Wildman–Crippen MR) is 96.3 cm³/mol. The Morgan fingerprint density at radius 1 is 0.913 bits per heavy atom. The lowest BCUT2D eigenvalue weighted by Gasteiger charge is -2.06. The van der Waals surface area contributed by atoms with Crippen molar-refractivity contribution in [1.29, 1.82) is 0 Å². The van der Waals surface area contributed by atoms with Crippen LogP contribution in [0.4, 0.5) is 5.69 Å². The van der Waals surface area contributed by atoms with E-state index in [1.165, 1.54) is 44.9 Å². The third kappa shape index (κ3) is 9.88. The molecule has 0 aliphatic rings. The summed E-state index contributed by atoms with van der Waals surface area (Å²) in [5.74, 6) is 0.0719. The minimum atomic E-state index is 0.0719. The molecule has 0 aliphatic heterocycles. The van der Waals surface area contributed by atoms with E-state index in [2.05, 4.69) is 12.2 Å². The maximum absolute atomic E-state index is 11.9. The second-order valence-corrected chi connectivity index (χ2v) is 6.14. The summed E-state index contributed by atoms with van der Waals surface area (Å²) in [5, 5.41) is 2.90. The molecule has 0 saturated carbocycles. The Balaban J connectivity index is 2.04. The Morgan fingerprint density at radius 3 is 2.04 bits per heavy atom. The van der Waals surface area contributed by atoms with E-state index >= 15 is 0 Å². The number of carbonyl (C=O) groups is 1. The van der Waals surface area contributed by atoms with Gasteiger partial charge in [0.15, 0.2) is 0 Å². The third-order valence-corrected chi connectivity index (χ3v) is 4.02. The maximum Gasteiger partial charge on any atom is 0.224 e. The number of hydrogen-bond donors (Lipinski definition) is 1. The Morgan fingerprint density at radius 2 is 1.48 bits per heavy atom. The highest BCUT2D eigenvalue weighted by Crippen LogP contribution is 2.13. The van der Waals surface area contributed by atoms with Gasteiger partial charge in [-0.1, -0.05) is 70.4 Å². The molecule has 1 N–H and O–H groups in total. The van der Waals surface area contributed by atoms with Gasteiger partial charge in [-0.2, -0.15) is 0 Å². The van der Waals surface area contributed by atoms with Gasteiger partial charge in [0.1, 0.15) is 0 Å². The van der Waals surface area contributed by atoms with Crippen LogP contribution >= 0.6 is 0 Å². The second kappa shape index (κ2) is 12.9. The largest absolute Gasteiger partial charge is 0.326 e. The van der Waals surface area contributed by atoms with E-state index in [1.807, 2.05) is 30.6 Å². The molecule has 1 radical (unpaired) electrons. The van der Waals surface area contributed by atoms with Crippen molar-refractivity contribution in [2.24, 2.45) is 0 Å². The molecular weight excluding hydrogens is 286 g/mol. The van der Waals surface area contributed by atoms with Gasteiger partial charge in [0, 0.05) is 18.5 Å². The Hall–Kier alpha value is -1.64. The van der Waals surface area contributed by atoms with Crippen molar-refractivity contribution < 1.29 is 9.59 Å². The van der Waals surface area contributed by atoms with Crippen molar-refractivity contribution in [3.8, 4) is 0 Å². The molecular formula is C20H30NO2. The third-order valence-electron chi connectivity index (χ3n) is 4.02. The zero-order chi connectivity index (χ0) is 16.8. The van der Waals surface area contributed by atoms with E-state index < -0.39 is 0 Å². The normalized spacial score (nSPS) is 10.5. The van der Waals surface area contributed by atoms with Gasteiger partial charge in [0.05, 0.1) is 0 Å². The molecule has 0 aromatic heterocycles. The van der Waals surface area contributed by atoms with Crippen molar-refractivity contribution in [1.82, 2.24) is 0 Å². The molecule has 1 aromatic rings. The van der Waals surface area contributed by atoms with Crippen molar-refractivity contribution >= 4 is 17.9 Å². The summed E-state index contributed by atoms with van der Waals surface area (Å²) in [4.78, 5) is 22.2. The van der Waals surface area contributed by atoms with Crippen molar-refractivity contribution in [2.75, 3.05) is 5.32 Å². The molecule has 0 saturated heterocycles. The first-order valence-electron chi connectivity index (χ1n) is 9.00. The number of unbranched alkanes of at least 4 members (excludes halogenated alkanes) is 8. The van der Waals surface area contributed by atoms with Gasteiger partial charge in [-0.05, 0) is 24.1 Å². The minimum absolute atomic E-state index is 0.0719. The SMILES string of the molecule is CCCCCCCCCCCC(=O)Nc1ccc(C[C]=O)cc1. The van der Waals surface area contributed by atoms with Crippen LogP contribution in [0.25, 0.3) is 0 Å². The van der Waals surface area contributed by atoms with E-state index in [0.29, 0.717) is 12.8 Å². The Labute approximate surface area is 140 Å². The van der Waals surface area contributed by atoms with Crippen LogP contribution in [0.1, 0.15) is 76.7 Å². The van der Waals surface area contributed by atoms with Crippen molar-refractivity contribution in [3.63, 3.8) is 0 Å². The molecule has 127 valence electrons. The summed E-state index contributed by atoms with van der Waals surface area (Å²) >= 11 is 0. The molecule has 1 amide bonds. The van der Waals surface area contributed by atoms with Crippen LogP contribution in [0, 0.1) is 0 Å². The van der Waals surface area contributed by atoms with Gasteiger partial charge in [0.2, 0.25) is 12.2 Å². The molecule has 0 bridgehead atoms. The summed E-state index contributed by atoms with van der Waals surface area (Å²) < 4.78 is 0. The molecule has 0 aliphatic carbocycles. The molecule has 3 nitrogen and oxygen atoms in total. The first kappa shape index (κ1) is 19.4. The van der Waals surface area contributed by atoms with E-state index in [-0.39, 0.29) is 5.91 Å². The lowest BCUT2D eigenvalue weighted by atomic mass is 10.1. The lowest BCUT2D eigenvalue weighted by molar-refractivity contribution is -0.116. The highest BCUT2D eigenvalue weighted by molar-refractivity contribution is 5.90. The van der Waals surface area contributed by atoms with Crippen molar-refractivity contribution in [3.05, 3.63) is 29.8 Å². The van der Waals surface area contributed by atoms with Crippen LogP contribution in [0.15, 0.2) is 24.3 Å². The molecule has 0 unspecified atom stereocenters. The highest BCUT2D eigenvalue weighted by atomic mass is 16.1. The fourth-order valence-corrected chi connectivity index (χ4v) is 2.61. The van der Waals surface area contributed by atoms with Crippen LogP contribution in [0.5, 0.6) is 0 Å². The summed E-state index contributed by atoms with van der Waals surface area (Å²) in [6.45, 7) is 2.24. The molecule has 0 atom stereocenters. The number of carbonyl (C=O) groups excluding carboxylic acids is 2. The second-order valence-electron chi connectivity index (χ2n) is 6.14. The summed E-state index contributed by atoms with van der Waals surface area (Å²) in [7, 11) is 0. The summed E-state index contributed by atoms with van der Waals surface area (Å²) in [5.41, 5.74) is 1.71.